The minimum absolute atomic E-state index is 0.610. The van der Waals surface area contributed by atoms with Crippen LogP contribution in [0.5, 0.6) is 0 Å². The predicted molar refractivity (Wildman–Crippen MR) is 191 cm³/mol. The molecule has 4 heterocycles. The standard InChI is InChI=1S/C39H22N4S2/c1-3-11-23(12-4-1)37-40-38(24-13-5-2-6-14-24)42-39(41-37)43-29-17-9-7-15-25(29)27-22-34-28(21-30(27)43)36-33(45-34)20-19-32-35(36)26-16-8-10-18-31(26)44-32/h1-22H. The Kier molecular flexibility index (Phi) is 5.29. The minimum Gasteiger partial charge on any atom is -0.278 e. The van der Waals surface area contributed by atoms with Gasteiger partial charge in [0.25, 0.3) is 0 Å². The average Bonchev–Trinajstić information content (AvgIpc) is 3.76. The molecule has 210 valence electrons. The van der Waals surface area contributed by atoms with Gasteiger partial charge >= 0.3 is 0 Å². The smallest absolute Gasteiger partial charge is 0.238 e. The lowest BCUT2D eigenvalue weighted by atomic mass is 10.0. The molecule has 0 unspecified atom stereocenters. The fourth-order valence-electron chi connectivity index (χ4n) is 6.66. The monoisotopic (exact) mass is 610 g/mol. The van der Waals surface area contributed by atoms with Crippen LogP contribution in [0.4, 0.5) is 0 Å². The van der Waals surface area contributed by atoms with E-state index in [9.17, 15) is 0 Å². The highest BCUT2D eigenvalue weighted by Crippen LogP contribution is 2.46. The number of rotatable bonds is 3. The fourth-order valence-corrected chi connectivity index (χ4v) is 8.90. The fraction of sp³-hybridized carbons (Fsp3) is 0. The van der Waals surface area contributed by atoms with Gasteiger partial charge in [0, 0.05) is 62.2 Å². The molecule has 4 aromatic heterocycles. The Morgan fingerprint density at radius 1 is 0.400 bits per heavy atom. The SMILES string of the molecule is c1ccc(-c2nc(-c3ccccc3)nc(-n3c4ccccc4c4cc5sc6ccc7sc8ccccc8c7c6c5cc43)n2)cc1. The topological polar surface area (TPSA) is 43.6 Å². The number of hydrogen-bond donors (Lipinski definition) is 0. The molecule has 6 heteroatoms. The van der Waals surface area contributed by atoms with E-state index in [2.05, 4.69) is 102 Å². The van der Waals surface area contributed by atoms with E-state index in [1.807, 2.05) is 59.1 Å². The number of nitrogens with zero attached hydrogens (tertiary/aromatic N) is 4. The molecular weight excluding hydrogens is 589 g/mol. The summed E-state index contributed by atoms with van der Waals surface area (Å²) in [5, 5.41) is 7.63. The third-order valence-electron chi connectivity index (χ3n) is 8.66. The number of fused-ring (bicyclic) bond motifs is 10. The Morgan fingerprint density at radius 3 is 1.69 bits per heavy atom. The number of aromatic nitrogens is 4. The summed E-state index contributed by atoms with van der Waals surface area (Å²) in [6, 6.07) is 47.0. The van der Waals surface area contributed by atoms with E-state index in [0.717, 1.165) is 22.2 Å². The first-order valence-electron chi connectivity index (χ1n) is 14.9. The van der Waals surface area contributed by atoms with E-state index >= 15 is 0 Å². The lowest BCUT2D eigenvalue weighted by molar-refractivity contribution is 0.954. The highest BCUT2D eigenvalue weighted by molar-refractivity contribution is 7.28. The highest BCUT2D eigenvalue weighted by Gasteiger charge is 2.20. The molecule has 0 amide bonds. The molecule has 0 saturated heterocycles. The number of thiophene rings is 2. The summed E-state index contributed by atoms with van der Waals surface area (Å²) in [5.41, 5.74) is 4.07. The normalized spacial score (nSPS) is 12.0. The molecule has 0 fully saturated rings. The van der Waals surface area contributed by atoms with Crippen molar-refractivity contribution in [2.24, 2.45) is 0 Å². The van der Waals surface area contributed by atoms with Crippen LogP contribution in [0.3, 0.4) is 0 Å². The van der Waals surface area contributed by atoms with Crippen molar-refractivity contribution >= 4 is 84.8 Å². The van der Waals surface area contributed by atoms with Gasteiger partial charge in [-0.05, 0) is 36.4 Å². The molecule has 0 aliphatic heterocycles. The summed E-state index contributed by atoms with van der Waals surface area (Å²) in [6.07, 6.45) is 0. The lowest BCUT2D eigenvalue weighted by Crippen LogP contribution is -2.06. The second kappa shape index (κ2) is 9.53. The molecule has 4 nitrogen and oxygen atoms in total. The Hall–Kier alpha value is -5.43. The van der Waals surface area contributed by atoms with Crippen molar-refractivity contribution in [3.8, 4) is 28.7 Å². The van der Waals surface area contributed by atoms with Gasteiger partial charge in [0.1, 0.15) is 0 Å². The van der Waals surface area contributed by atoms with E-state index in [4.69, 9.17) is 15.0 Å². The Balaban J connectivity index is 1.34. The van der Waals surface area contributed by atoms with Crippen LogP contribution in [0.25, 0.3) is 90.9 Å². The molecule has 45 heavy (non-hydrogen) atoms. The van der Waals surface area contributed by atoms with Crippen molar-refractivity contribution in [3.63, 3.8) is 0 Å². The van der Waals surface area contributed by atoms with Gasteiger partial charge in [-0.25, -0.2) is 4.98 Å². The second-order valence-electron chi connectivity index (χ2n) is 11.2. The van der Waals surface area contributed by atoms with Crippen molar-refractivity contribution in [1.82, 2.24) is 19.5 Å². The summed E-state index contributed by atoms with van der Waals surface area (Å²) < 4.78 is 7.46. The molecule has 0 spiro atoms. The van der Waals surface area contributed by atoms with Crippen molar-refractivity contribution in [2.75, 3.05) is 0 Å². The van der Waals surface area contributed by atoms with Gasteiger partial charge in [-0.1, -0.05) is 97.1 Å². The summed E-state index contributed by atoms with van der Waals surface area (Å²) in [7, 11) is 0. The Labute approximate surface area is 265 Å². The van der Waals surface area contributed by atoms with Crippen LogP contribution in [-0.4, -0.2) is 19.5 Å². The summed E-state index contributed by atoms with van der Waals surface area (Å²) in [5.74, 6) is 1.91. The molecule has 6 aromatic carbocycles. The van der Waals surface area contributed by atoms with Crippen molar-refractivity contribution in [2.45, 2.75) is 0 Å². The third kappa shape index (κ3) is 3.73. The van der Waals surface area contributed by atoms with Gasteiger partial charge in [0.15, 0.2) is 11.6 Å². The van der Waals surface area contributed by atoms with Crippen LogP contribution in [0, 0.1) is 0 Å². The molecule has 10 aromatic rings. The first-order valence-corrected chi connectivity index (χ1v) is 16.5. The van der Waals surface area contributed by atoms with Crippen molar-refractivity contribution in [3.05, 3.63) is 133 Å². The molecule has 0 atom stereocenters. The summed E-state index contributed by atoms with van der Waals surface area (Å²) in [6.45, 7) is 0. The van der Waals surface area contributed by atoms with Crippen LogP contribution < -0.4 is 0 Å². The third-order valence-corrected chi connectivity index (χ3v) is 10.9. The maximum atomic E-state index is 5.13. The van der Waals surface area contributed by atoms with Crippen molar-refractivity contribution in [1.29, 1.82) is 0 Å². The number of benzene rings is 6. The van der Waals surface area contributed by atoms with Crippen LogP contribution in [0.1, 0.15) is 0 Å². The van der Waals surface area contributed by atoms with Crippen LogP contribution in [0.2, 0.25) is 0 Å². The largest absolute Gasteiger partial charge is 0.278 e. The van der Waals surface area contributed by atoms with Crippen LogP contribution in [0.15, 0.2) is 133 Å². The first kappa shape index (κ1) is 25.0. The zero-order valence-electron chi connectivity index (χ0n) is 23.8. The van der Waals surface area contributed by atoms with Crippen LogP contribution >= 0.6 is 22.7 Å². The molecule has 10 rings (SSSR count). The van der Waals surface area contributed by atoms with Crippen LogP contribution in [-0.2, 0) is 0 Å². The molecule has 0 aliphatic rings. The quantitative estimate of drug-likeness (QED) is 0.200. The number of para-hydroxylation sites is 1. The minimum atomic E-state index is 0.610. The van der Waals surface area contributed by atoms with Crippen molar-refractivity contribution < 1.29 is 0 Å². The molecule has 0 radical (unpaired) electrons. The van der Waals surface area contributed by atoms with Gasteiger partial charge in [-0.2, -0.15) is 9.97 Å². The predicted octanol–water partition coefficient (Wildman–Crippen LogP) is 11.0. The molecule has 0 aliphatic carbocycles. The first-order chi connectivity index (χ1) is 22.3. The molecule has 0 N–H and O–H groups in total. The van der Waals surface area contributed by atoms with Gasteiger partial charge in [0.05, 0.1) is 11.0 Å². The van der Waals surface area contributed by atoms with Gasteiger partial charge in [-0.15, -0.1) is 22.7 Å². The van der Waals surface area contributed by atoms with E-state index in [1.165, 1.54) is 51.1 Å². The summed E-state index contributed by atoms with van der Waals surface area (Å²) in [4.78, 5) is 15.2. The number of hydrogen-bond acceptors (Lipinski definition) is 5. The highest BCUT2D eigenvalue weighted by atomic mass is 32.1. The zero-order chi connectivity index (χ0) is 29.5. The second-order valence-corrected chi connectivity index (χ2v) is 13.4. The van der Waals surface area contributed by atoms with Gasteiger partial charge < -0.3 is 0 Å². The Morgan fingerprint density at radius 2 is 0.978 bits per heavy atom. The van der Waals surface area contributed by atoms with E-state index < -0.39 is 0 Å². The lowest BCUT2D eigenvalue weighted by Gasteiger charge is -2.11. The van der Waals surface area contributed by atoms with E-state index in [1.54, 1.807) is 0 Å². The molecular formula is C39H22N4S2. The molecule has 0 bridgehead atoms. The summed E-state index contributed by atoms with van der Waals surface area (Å²) >= 11 is 3.74. The maximum Gasteiger partial charge on any atom is 0.238 e. The zero-order valence-corrected chi connectivity index (χ0v) is 25.4. The van der Waals surface area contributed by atoms with Gasteiger partial charge in [-0.3, -0.25) is 4.57 Å². The van der Waals surface area contributed by atoms with Gasteiger partial charge in [0.2, 0.25) is 5.95 Å². The maximum absolute atomic E-state index is 5.13. The Bertz CT molecular complexity index is 2700. The molecule has 0 saturated carbocycles. The average molecular weight is 611 g/mol. The van der Waals surface area contributed by atoms with E-state index in [0.29, 0.717) is 17.6 Å². The van der Waals surface area contributed by atoms with E-state index in [-0.39, 0.29) is 0 Å².